The molecule has 0 atom stereocenters. The Morgan fingerprint density at radius 3 is 2.50 bits per heavy atom. The highest BCUT2D eigenvalue weighted by molar-refractivity contribution is 8.18. The fourth-order valence-corrected chi connectivity index (χ4v) is 2.99. The third kappa shape index (κ3) is 3.44. The molecule has 0 spiro atoms. The number of thioether (sulfide) groups is 1. The van der Waals surface area contributed by atoms with E-state index in [0.717, 1.165) is 5.56 Å². The van der Waals surface area contributed by atoms with Crippen molar-refractivity contribution in [3.8, 4) is 11.5 Å². The van der Waals surface area contributed by atoms with Crippen LogP contribution in [0.2, 0.25) is 0 Å². The van der Waals surface area contributed by atoms with Gasteiger partial charge in [-0.25, -0.2) is 0 Å². The van der Waals surface area contributed by atoms with Gasteiger partial charge in [0.1, 0.15) is 0 Å². The Kier molecular flexibility index (Phi) is 5.49. The second-order valence-corrected chi connectivity index (χ2v) is 5.56. The third-order valence-electron chi connectivity index (χ3n) is 3.06. The van der Waals surface area contributed by atoms with E-state index in [9.17, 15) is 4.79 Å². The number of likely N-dealkylation sites (N-methyl/N-ethyl adjacent to an activating group) is 1. The summed E-state index contributed by atoms with van der Waals surface area (Å²) in [5.41, 5.74) is 0.897. The molecule has 1 fully saturated rings. The van der Waals surface area contributed by atoms with Crippen LogP contribution < -0.4 is 9.47 Å². The van der Waals surface area contributed by atoms with Gasteiger partial charge in [-0.2, -0.15) is 0 Å². The Balaban J connectivity index is 2.32. The fraction of sp³-hybridized carbons (Fsp3) is 0.375. The summed E-state index contributed by atoms with van der Waals surface area (Å²) in [5, 5.41) is 0.701. The molecule has 0 saturated carbocycles. The SMILES string of the molecule is CCOc1ccc(/C=C2/SC(=NC)N(C)C2=O)cc1OCC. The molecule has 22 heavy (non-hydrogen) atoms. The molecule has 1 saturated heterocycles. The summed E-state index contributed by atoms with van der Waals surface area (Å²) in [6, 6.07) is 5.66. The quantitative estimate of drug-likeness (QED) is 0.783. The molecule has 0 aromatic heterocycles. The van der Waals surface area contributed by atoms with Gasteiger partial charge in [0.05, 0.1) is 18.1 Å². The van der Waals surface area contributed by atoms with Crippen LogP contribution in [-0.2, 0) is 4.79 Å². The highest BCUT2D eigenvalue weighted by Crippen LogP contribution is 2.34. The average Bonchev–Trinajstić information content (AvgIpc) is 2.78. The zero-order valence-corrected chi connectivity index (χ0v) is 14.1. The van der Waals surface area contributed by atoms with Crippen LogP contribution in [0.5, 0.6) is 11.5 Å². The topological polar surface area (TPSA) is 51.1 Å². The van der Waals surface area contributed by atoms with Crippen LogP contribution in [-0.4, -0.2) is 43.3 Å². The fourth-order valence-electron chi connectivity index (χ4n) is 2.06. The van der Waals surface area contributed by atoms with Crippen LogP contribution in [0.3, 0.4) is 0 Å². The molecule has 6 heteroatoms. The van der Waals surface area contributed by atoms with Crippen molar-refractivity contribution in [1.29, 1.82) is 0 Å². The lowest BCUT2D eigenvalue weighted by molar-refractivity contribution is -0.121. The summed E-state index contributed by atoms with van der Waals surface area (Å²) in [6.45, 7) is 5.00. The molecular formula is C16H20N2O3S. The number of carbonyl (C=O) groups is 1. The number of nitrogens with zero attached hydrogens (tertiary/aromatic N) is 2. The number of hydrogen-bond donors (Lipinski definition) is 0. The molecule has 0 bridgehead atoms. The van der Waals surface area contributed by atoms with E-state index in [4.69, 9.17) is 9.47 Å². The number of hydrogen-bond acceptors (Lipinski definition) is 5. The number of carbonyl (C=O) groups excluding carboxylic acids is 1. The molecule has 1 aromatic carbocycles. The number of rotatable bonds is 5. The third-order valence-corrected chi connectivity index (χ3v) is 4.21. The summed E-state index contributed by atoms with van der Waals surface area (Å²) < 4.78 is 11.1. The second kappa shape index (κ2) is 7.35. The summed E-state index contributed by atoms with van der Waals surface area (Å²) in [4.78, 5) is 18.5. The van der Waals surface area contributed by atoms with E-state index >= 15 is 0 Å². The highest BCUT2D eigenvalue weighted by Gasteiger charge is 2.29. The lowest BCUT2D eigenvalue weighted by Gasteiger charge is -2.11. The van der Waals surface area contributed by atoms with Crippen LogP contribution in [0.25, 0.3) is 6.08 Å². The Labute approximate surface area is 135 Å². The van der Waals surface area contributed by atoms with Crippen LogP contribution in [0.4, 0.5) is 0 Å². The van der Waals surface area contributed by atoms with Crippen molar-refractivity contribution in [2.24, 2.45) is 4.99 Å². The molecule has 1 heterocycles. The van der Waals surface area contributed by atoms with Gasteiger partial charge >= 0.3 is 0 Å². The van der Waals surface area contributed by atoms with Crippen molar-refractivity contribution >= 4 is 28.9 Å². The monoisotopic (exact) mass is 320 g/mol. The maximum absolute atomic E-state index is 12.2. The van der Waals surface area contributed by atoms with Crippen molar-refractivity contribution < 1.29 is 14.3 Å². The summed E-state index contributed by atoms with van der Waals surface area (Å²) in [6.07, 6.45) is 1.85. The van der Waals surface area contributed by atoms with E-state index in [0.29, 0.717) is 34.8 Å². The van der Waals surface area contributed by atoms with E-state index in [1.807, 2.05) is 38.1 Å². The predicted molar refractivity (Wildman–Crippen MR) is 90.5 cm³/mol. The van der Waals surface area contributed by atoms with Crippen molar-refractivity contribution in [3.63, 3.8) is 0 Å². The van der Waals surface area contributed by atoms with Crippen molar-refractivity contribution in [2.75, 3.05) is 27.3 Å². The van der Waals surface area contributed by atoms with Gasteiger partial charge in [-0.05, 0) is 49.4 Å². The minimum atomic E-state index is -0.0440. The van der Waals surface area contributed by atoms with Gasteiger partial charge in [0.25, 0.3) is 5.91 Å². The Morgan fingerprint density at radius 2 is 1.91 bits per heavy atom. The molecule has 2 rings (SSSR count). The smallest absolute Gasteiger partial charge is 0.266 e. The predicted octanol–water partition coefficient (Wildman–Crippen LogP) is 3.02. The van der Waals surface area contributed by atoms with E-state index < -0.39 is 0 Å². The van der Waals surface area contributed by atoms with Gasteiger partial charge in [-0.15, -0.1) is 0 Å². The van der Waals surface area contributed by atoms with Gasteiger partial charge in [-0.3, -0.25) is 14.7 Å². The number of ether oxygens (including phenoxy) is 2. The number of benzene rings is 1. The first kappa shape index (κ1) is 16.4. The molecule has 1 aliphatic heterocycles. The van der Waals surface area contributed by atoms with E-state index in [-0.39, 0.29) is 5.91 Å². The Bertz CT molecular complexity index is 626. The highest BCUT2D eigenvalue weighted by atomic mass is 32.2. The van der Waals surface area contributed by atoms with E-state index in [2.05, 4.69) is 4.99 Å². The molecule has 1 aliphatic rings. The first-order chi connectivity index (χ1) is 10.6. The first-order valence-corrected chi connectivity index (χ1v) is 7.96. The van der Waals surface area contributed by atoms with E-state index in [1.165, 1.54) is 11.8 Å². The van der Waals surface area contributed by atoms with Gasteiger partial charge in [0.2, 0.25) is 0 Å². The van der Waals surface area contributed by atoms with Crippen LogP contribution in [0.1, 0.15) is 19.4 Å². The molecule has 0 radical (unpaired) electrons. The van der Waals surface area contributed by atoms with Gasteiger partial charge in [0, 0.05) is 14.1 Å². The molecule has 0 aliphatic carbocycles. The van der Waals surface area contributed by atoms with E-state index in [1.54, 1.807) is 19.0 Å². The molecule has 118 valence electrons. The Morgan fingerprint density at radius 1 is 1.23 bits per heavy atom. The molecule has 1 amide bonds. The molecule has 0 N–H and O–H groups in total. The minimum absolute atomic E-state index is 0.0440. The average molecular weight is 320 g/mol. The second-order valence-electron chi connectivity index (χ2n) is 4.55. The molecular weight excluding hydrogens is 300 g/mol. The lowest BCUT2D eigenvalue weighted by atomic mass is 10.2. The maximum Gasteiger partial charge on any atom is 0.266 e. The lowest BCUT2D eigenvalue weighted by Crippen LogP contribution is -2.23. The molecule has 0 unspecified atom stereocenters. The molecule has 1 aromatic rings. The first-order valence-electron chi connectivity index (χ1n) is 7.14. The van der Waals surface area contributed by atoms with Crippen LogP contribution in [0.15, 0.2) is 28.1 Å². The van der Waals surface area contributed by atoms with Crippen molar-refractivity contribution in [3.05, 3.63) is 28.7 Å². The zero-order valence-electron chi connectivity index (χ0n) is 13.3. The van der Waals surface area contributed by atoms with Crippen molar-refractivity contribution in [1.82, 2.24) is 4.90 Å². The minimum Gasteiger partial charge on any atom is -0.490 e. The normalized spacial score (nSPS) is 18.4. The summed E-state index contributed by atoms with van der Waals surface area (Å²) in [7, 11) is 3.40. The van der Waals surface area contributed by atoms with Gasteiger partial charge in [-0.1, -0.05) is 6.07 Å². The maximum atomic E-state index is 12.2. The van der Waals surface area contributed by atoms with Gasteiger partial charge < -0.3 is 9.47 Å². The zero-order chi connectivity index (χ0) is 16.1. The van der Waals surface area contributed by atoms with Crippen LogP contribution >= 0.6 is 11.8 Å². The number of amidine groups is 1. The summed E-state index contributed by atoms with van der Waals surface area (Å²) in [5.74, 6) is 1.36. The number of amides is 1. The van der Waals surface area contributed by atoms with Crippen molar-refractivity contribution in [2.45, 2.75) is 13.8 Å². The van der Waals surface area contributed by atoms with Gasteiger partial charge in [0.15, 0.2) is 16.7 Å². The molecule has 5 nitrogen and oxygen atoms in total. The standard InChI is InChI=1S/C16H20N2O3S/c1-5-20-12-8-7-11(9-13(12)21-6-2)10-14-15(19)18(4)16(17-3)22-14/h7-10H,5-6H2,1-4H3/b14-10+,17-16?. The number of aliphatic imine (C=N–C) groups is 1. The Hall–Kier alpha value is -1.95. The van der Waals surface area contributed by atoms with Crippen LogP contribution in [0, 0.1) is 0 Å². The largest absolute Gasteiger partial charge is 0.490 e. The summed E-state index contributed by atoms with van der Waals surface area (Å²) >= 11 is 1.37.